The van der Waals surface area contributed by atoms with Gasteiger partial charge in [-0.05, 0) is 75.2 Å². The first-order chi connectivity index (χ1) is 12.8. The summed E-state index contributed by atoms with van der Waals surface area (Å²) in [6.07, 6.45) is 1.75. The molecule has 1 amide bonds. The van der Waals surface area contributed by atoms with Crippen LogP contribution in [0, 0.1) is 13.8 Å². The van der Waals surface area contributed by atoms with Crippen molar-refractivity contribution in [3.05, 3.63) is 59.2 Å². The molecule has 0 bridgehead atoms. The molecule has 27 heavy (non-hydrogen) atoms. The van der Waals surface area contributed by atoms with Gasteiger partial charge in [0.15, 0.2) is 0 Å². The highest BCUT2D eigenvalue weighted by Crippen LogP contribution is 2.21. The van der Waals surface area contributed by atoms with E-state index in [0.717, 1.165) is 31.5 Å². The lowest BCUT2D eigenvalue weighted by Crippen LogP contribution is -2.42. The second-order valence-corrected chi connectivity index (χ2v) is 8.60. The molecule has 3 N–H and O–H groups in total. The van der Waals surface area contributed by atoms with Gasteiger partial charge in [0.2, 0.25) is 0 Å². The number of hydrogen-bond acceptors (Lipinski definition) is 4. The third kappa shape index (κ3) is 4.87. The number of carbonyl (C=O) groups excluding carboxylic acids is 1. The number of nitrogens with one attached hydrogen (secondary N) is 3. The molecule has 1 saturated heterocycles. The number of aryl methyl sites for hydroxylation is 2. The average molecular weight is 388 g/mol. The Labute approximate surface area is 160 Å². The van der Waals surface area contributed by atoms with Gasteiger partial charge in [-0.1, -0.05) is 18.2 Å². The highest BCUT2D eigenvalue weighted by Gasteiger charge is 2.21. The molecule has 0 aromatic heterocycles. The maximum Gasteiger partial charge on any atom is 0.262 e. The van der Waals surface area contributed by atoms with E-state index in [4.69, 9.17) is 0 Å². The highest BCUT2D eigenvalue weighted by molar-refractivity contribution is 7.92. The van der Waals surface area contributed by atoms with Gasteiger partial charge in [0.25, 0.3) is 15.9 Å². The fourth-order valence-electron chi connectivity index (χ4n) is 3.18. The Kier molecular flexibility index (Phi) is 5.82. The van der Waals surface area contributed by atoms with Crippen molar-refractivity contribution in [2.45, 2.75) is 37.6 Å². The van der Waals surface area contributed by atoms with Crippen LogP contribution >= 0.6 is 0 Å². The van der Waals surface area contributed by atoms with Crippen LogP contribution in [-0.4, -0.2) is 33.5 Å². The minimum atomic E-state index is -3.79. The summed E-state index contributed by atoms with van der Waals surface area (Å²) < 4.78 is 28.3. The van der Waals surface area contributed by atoms with E-state index in [-0.39, 0.29) is 16.8 Å². The van der Waals surface area contributed by atoms with Gasteiger partial charge < -0.3 is 10.6 Å². The Morgan fingerprint density at radius 1 is 1.07 bits per heavy atom. The van der Waals surface area contributed by atoms with E-state index in [9.17, 15) is 13.2 Å². The molecule has 1 aliphatic rings. The molecule has 0 radical (unpaired) electrons. The number of sulfonamides is 1. The van der Waals surface area contributed by atoms with Gasteiger partial charge in [0, 0.05) is 17.3 Å². The summed E-state index contributed by atoms with van der Waals surface area (Å²) in [5, 5.41) is 6.25. The summed E-state index contributed by atoms with van der Waals surface area (Å²) in [5.74, 6) is -0.242. The molecule has 0 aliphatic carbocycles. The van der Waals surface area contributed by atoms with E-state index in [2.05, 4.69) is 15.4 Å². The van der Waals surface area contributed by atoms with Crippen molar-refractivity contribution in [2.24, 2.45) is 0 Å². The van der Waals surface area contributed by atoms with Crippen LogP contribution in [0.3, 0.4) is 0 Å². The van der Waals surface area contributed by atoms with Gasteiger partial charge in [0.1, 0.15) is 0 Å². The average Bonchev–Trinajstić information content (AvgIpc) is 2.62. The topological polar surface area (TPSA) is 87.3 Å². The first-order valence-corrected chi connectivity index (χ1v) is 10.6. The van der Waals surface area contributed by atoms with Crippen molar-refractivity contribution in [1.29, 1.82) is 0 Å². The first kappa shape index (κ1) is 19.4. The van der Waals surface area contributed by atoms with Crippen LogP contribution in [0.2, 0.25) is 0 Å². The van der Waals surface area contributed by atoms with E-state index < -0.39 is 10.0 Å². The van der Waals surface area contributed by atoms with Crippen molar-refractivity contribution in [1.82, 2.24) is 10.6 Å². The van der Waals surface area contributed by atoms with Crippen LogP contribution in [0.1, 0.15) is 34.3 Å². The van der Waals surface area contributed by atoms with Crippen LogP contribution < -0.4 is 15.4 Å². The minimum Gasteiger partial charge on any atom is -0.349 e. The molecular weight excluding hydrogens is 362 g/mol. The minimum absolute atomic E-state index is 0.113. The summed E-state index contributed by atoms with van der Waals surface area (Å²) in [6, 6.07) is 12.1. The maximum atomic E-state index is 12.8. The third-order valence-corrected chi connectivity index (χ3v) is 6.21. The maximum absolute atomic E-state index is 12.8. The van der Waals surface area contributed by atoms with E-state index in [1.807, 2.05) is 13.0 Å². The Balaban J connectivity index is 1.82. The van der Waals surface area contributed by atoms with Crippen LogP contribution in [0.5, 0.6) is 0 Å². The van der Waals surface area contributed by atoms with Gasteiger partial charge >= 0.3 is 0 Å². The van der Waals surface area contributed by atoms with Crippen molar-refractivity contribution in [3.63, 3.8) is 0 Å². The summed E-state index contributed by atoms with van der Waals surface area (Å²) >= 11 is 0. The fraction of sp³-hybridized carbons (Fsp3) is 0.350. The summed E-state index contributed by atoms with van der Waals surface area (Å²) in [6.45, 7) is 5.37. The summed E-state index contributed by atoms with van der Waals surface area (Å²) in [7, 11) is -3.79. The highest BCUT2D eigenvalue weighted by atomic mass is 32.2. The standard InChI is InChI=1S/C20H25N3O3S/c1-14-4-3-5-18(12-14)23-27(25,26)19-13-16(7-6-15(19)2)20(24)22-17-8-10-21-11-9-17/h3-7,12-13,17,21,23H,8-11H2,1-2H3,(H,22,24). The molecule has 7 heteroatoms. The van der Waals surface area contributed by atoms with Crippen molar-refractivity contribution >= 4 is 21.6 Å². The molecule has 0 unspecified atom stereocenters. The van der Waals surface area contributed by atoms with E-state index in [1.165, 1.54) is 6.07 Å². The molecule has 0 spiro atoms. The van der Waals surface area contributed by atoms with Gasteiger partial charge in [-0.25, -0.2) is 8.42 Å². The molecule has 3 rings (SSSR count). The number of hydrogen-bond donors (Lipinski definition) is 3. The predicted octanol–water partition coefficient (Wildman–Crippen LogP) is 2.59. The van der Waals surface area contributed by atoms with Crippen LogP contribution in [0.4, 0.5) is 5.69 Å². The Hall–Kier alpha value is -2.38. The molecular formula is C20H25N3O3S. The predicted molar refractivity (Wildman–Crippen MR) is 107 cm³/mol. The molecule has 2 aromatic carbocycles. The zero-order valence-corrected chi connectivity index (χ0v) is 16.4. The van der Waals surface area contributed by atoms with Gasteiger partial charge in [-0.15, -0.1) is 0 Å². The van der Waals surface area contributed by atoms with Crippen LogP contribution in [0.25, 0.3) is 0 Å². The second-order valence-electron chi connectivity index (χ2n) is 6.95. The fourth-order valence-corrected chi connectivity index (χ4v) is 4.51. The van der Waals surface area contributed by atoms with Crippen LogP contribution in [0.15, 0.2) is 47.4 Å². The van der Waals surface area contributed by atoms with E-state index in [0.29, 0.717) is 16.8 Å². The Morgan fingerprint density at radius 3 is 2.52 bits per heavy atom. The third-order valence-electron chi connectivity index (χ3n) is 4.68. The lowest BCUT2D eigenvalue weighted by molar-refractivity contribution is 0.0929. The van der Waals surface area contributed by atoms with Crippen molar-refractivity contribution < 1.29 is 13.2 Å². The number of anilines is 1. The van der Waals surface area contributed by atoms with Gasteiger partial charge in [-0.2, -0.15) is 0 Å². The molecule has 144 valence electrons. The van der Waals surface area contributed by atoms with Crippen molar-refractivity contribution in [2.75, 3.05) is 17.8 Å². The second kappa shape index (κ2) is 8.10. The molecule has 1 aliphatic heterocycles. The monoisotopic (exact) mass is 387 g/mol. The van der Waals surface area contributed by atoms with Gasteiger partial charge in [-0.3, -0.25) is 9.52 Å². The Morgan fingerprint density at radius 2 is 1.81 bits per heavy atom. The van der Waals surface area contributed by atoms with Crippen molar-refractivity contribution in [3.8, 4) is 0 Å². The number of benzene rings is 2. The normalized spacial score (nSPS) is 15.3. The number of carbonyl (C=O) groups is 1. The van der Waals surface area contributed by atoms with E-state index >= 15 is 0 Å². The first-order valence-electron chi connectivity index (χ1n) is 9.07. The lowest BCUT2D eigenvalue weighted by Gasteiger charge is -2.23. The molecule has 1 heterocycles. The quantitative estimate of drug-likeness (QED) is 0.736. The lowest BCUT2D eigenvalue weighted by atomic mass is 10.1. The molecule has 0 atom stereocenters. The molecule has 2 aromatic rings. The molecule has 0 saturated carbocycles. The zero-order chi connectivity index (χ0) is 19.4. The SMILES string of the molecule is Cc1cccc(NS(=O)(=O)c2cc(C(=O)NC3CCNCC3)ccc2C)c1. The molecule has 1 fully saturated rings. The number of piperidine rings is 1. The smallest absolute Gasteiger partial charge is 0.262 e. The Bertz CT molecular complexity index is 935. The molecule has 6 nitrogen and oxygen atoms in total. The largest absolute Gasteiger partial charge is 0.349 e. The summed E-state index contributed by atoms with van der Waals surface area (Å²) in [4.78, 5) is 12.7. The van der Waals surface area contributed by atoms with E-state index in [1.54, 1.807) is 37.3 Å². The van der Waals surface area contributed by atoms with Gasteiger partial charge in [0.05, 0.1) is 4.90 Å². The zero-order valence-electron chi connectivity index (χ0n) is 15.6. The number of amides is 1. The van der Waals surface area contributed by atoms with Crippen LogP contribution in [-0.2, 0) is 10.0 Å². The number of rotatable bonds is 5. The summed E-state index contributed by atoms with van der Waals surface area (Å²) in [5.41, 5.74) is 2.40.